The molecule has 0 saturated carbocycles. The number of methoxy groups -OCH3 is 1. The highest BCUT2D eigenvalue weighted by Gasteiger charge is 2.39. The van der Waals surface area contributed by atoms with Crippen molar-refractivity contribution in [3.05, 3.63) is 54.4 Å². The Bertz CT molecular complexity index is 635. The molecule has 4 nitrogen and oxygen atoms in total. The van der Waals surface area contributed by atoms with Crippen LogP contribution >= 0.6 is 0 Å². The van der Waals surface area contributed by atoms with Gasteiger partial charge in [0.15, 0.2) is 0 Å². The number of carbonyl (C=O) groups is 2. The van der Waals surface area contributed by atoms with Crippen LogP contribution in [0.4, 0.5) is 0 Å². The van der Waals surface area contributed by atoms with E-state index in [9.17, 15) is 9.59 Å². The van der Waals surface area contributed by atoms with E-state index in [1.807, 2.05) is 24.3 Å². The van der Waals surface area contributed by atoms with Crippen LogP contribution in [0.5, 0.6) is 0 Å². The summed E-state index contributed by atoms with van der Waals surface area (Å²) in [4.78, 5) is 25.2. The lowest BCUT2D eigenvalue weighted by Gasteiger charge is -2.34. The average Bonchev–Trinajstić information content (AvgIpc) is 2.54. The summed E-state index contributed by atoms with van der Waals surface area (Å²) < 4.78 is 4.92. The molecule has 2 rings (SSSR count). The molecular weight excluding hydrogens is 294 g/mol. The number of carbonyl (C=O) groups excluding carboxylic acids is 2. The molecule has 116 valence electrons. The molecule has 1 unspecified atom stereocenters. The molecule has 0 spiro atoms. The second-order valence-electron chi connectivity index (χ2n) is 5.91. The second kappa shape index (κ2) is 6.32. The number of benzene rings is 1. The summed E-state index contributed by atoms with van der Waals surface area (Å²) in [5.41, 5.74) is 0.513. The molecule has 0 fully saturated rings. The molecule has 0 aromatic heterocycles. The molecular formula is C17H21NO3Si. The largest absolute Gasteiger partial charge is 0.466 e. The topological polar surface area (TPSA) is 46.6 Å². The Hall–Kier alpha value is -2.14. The van der Waals surface area contributed by atoms with Gasteiger partial charge in [0.1, 0.15) is 0 Å². The lowest BCUT2D eigenvalue weighted by molar-refractivity contribution is -0.136. The van der Waals surface area contributed by atoms with E-state index >= 15 is 0 Å². The maximum atomic E-state index is 12.2. The van der Waals surface area contributed by atoms with E-state index in [4.69, 9.17) is 4.74 Å². The quantitative estimate of drug-likeness (QED) is 0.635. The number of hydrogen-bond donors (Lipinski definition) is 0. The van der Waals surface area contributed by atoms with Crippen LogP contribution in [0.15, 0.2) is 54.4 Å². The van der Waals surface area contributed by atoms with Gasteiger partial charge < -0.3 is 4.74 Å². The van der Waals surface area contributed by atoms with Crippen LogP contribution in [-0.4, -0.2) is 32.0 Å². The SMILES string of the molecule is COC(=O)C1=CN(C(C)=O)C=CC1[Si](C)(C)c1ccccc1. The van der Waals surface area contributed by atoms with Crippen molar-refractivity contribution in [1.82, 2.24) is 4.90 Å². The summed E-state index contributed by atoms with van der Waals surface area (Å²) in [6.07, 6.45) is 5.31. The number of allylic oxidation sites excluding steroid dienone is 1. The van der Waals surface area contributed by atoms with Crippen molar-refractivity contribution in [3.8, 4) is 0 Å². The van der Waals surface area contributed by atoms with Crippen molar-refractivity contribution in [2.24, 2.45) is 0 Å². The van der Waals surface area contributed by atoms with Gasteiger partial charge in [-0.05, 0) is 0 Å². The molecule has 1 aliphatic heterocycles. The molecule has 1 aromatic carbocycles. The van der Waals surface area contributed by atoms with Crippen LogP contribution < -0.4 is 5.19 Å². The Morgan fingerprint density at radius 3 is 2.36 bits per heavy atom. The molecule has 22 heavy (non-hydrogen) atoms. The maximum absolute atomic E-state index is 12.2. The molecule has 1 aromatic rings. The average molecular weight is 315 g/mol. The highest BCUT2D eigenvalue weighted by molar-refractivity contribution is 6.92. The van der Waals surface area contributed by atoms with Gasteiger partial charge in [-0.25, -0.2) is 4.79 Å². The molecule has 0 saturated heterocycles. The zero-order chi connectivity index (χ0) is 16.3. The summed E-state index contributed by atoms with van der Waals surface area (Å²) in [6, 6.07) is 10.2. The number of amides is 1. The first kappa shape index (κ1) is 16.2. The molecule has 1 amide bonds. The predicted molar refractivity (Wildman–Crippen MR) is 89.1 cm³/mol. The summed E-state index contributed by atoms with van der Waals surface area (Å²) >= 11 is 0. The van der Waals surface area contributed by atoms with Gasteiger partial charge in [-0.2, -0.15) is 0 Å². The predicted octanol–water partition coefficient (Wildman–Crippen LogP) is 2.40. The number of ether oxygens (including phenoxy) is 1. The second-order valence-corrected chi connectivity index (χ2v) is 10.6. The van der Waals surface area contributed by atoms with Gasteiger partial charge >= 0.3 is 5.97 Å². The van der Waals surface area contributed by atoms with Crippen LogP contribution in [0.2, 0.25) is 18.6 Å². The number of nitrogens with zero attached hydrogens (tertiary/aromatic N) is 1. The van der Waals surface area contributed by atoms with Crippen molar-refractivity contribution in [2.75, 3.05) is 7.11 Å². The van der Waals surface area contributed by atoms with E-state index in [1.54, 1.807) is 12.4 Å². The van der Waals surface area contributed by atoms with E-state index in [0.717, 1.165) is 0 Å². The van der Waals surface area contributed by atoms with Crippen molar-refractivity contribution in [1.29, 1.82) is 0 Å². The standard InChI is InChI=1S/C17H21NO3Si/c1-13(19)18-11-10-16(15(12-18)17(20)21-2)22(3,4)14-8-6-5-7-9-14/h5-12,16H,1-4H3. The summed E-state index contributed by atoms with van der Waals surface area (Å²) in [7, 11) is -0.610. The van der Waals surface area contributed by atoms with Gasteiger partial charge in [0.05, 0.1) is 20.8 Å². The van der Waals surface area contributed by atoms with Crippen molar-refractivity contribution in [2.45, 2.75) is 25.6 Å². The summed E-state index contributed by atoms with van der Waals surface area (Å²) in [5.74, 6) is -0.507. The fourth-order valence-corrected chi connectivity index (χ4v) is 5.67. The molecule has 1 aliphatic rings. The van der Waals surface area contributed by atoms with Crippen LogP contribution in [0.3, 0.4) is 0 Å². The van der Waals surface area contributed by atoms with E-state index in [2.05, 4.69) is 25.2 Å². The lowest BCUT2D eigenvalue weighted by atomic mass is 10.1. The number of esters is 1. The number of rotatable bonds is 3. The van der Waals surface area contributed by atoms with E-state index in [1.165, 1.54) is 24.1 Å². The van der Waals surface area contributed by atoms with Gasteiger partial charge in [0.25, 0.3) is 0 Å². The third-order valence-corrected chi connectivity index (χ3v) is 8.01. The Labute approximate surface area is 132 Å². The smallest absolute Gasteiger partial charge is 0.335 e. The Morgan fingerprint density at radius 1 is 1.18 bits per heavy atom. The highest BCUT2D eigenvalue weighted by Crippen LogP contribution is 2.35. The monoisotopic (exact) mass is 315 g/mol. The molecule has 1 heterocycles. The van der Waals surface area contributed by atoms with Crippen molar-refractivity contribution in [3.63, 3.8) is 0 Å². The van der Waals surface area contributed by atoms with Gasteiger partial charge in [0.2, 0.25) is 5.91 Å². The van der Waals surface area contributed by atoms with E-state index < -0.39 is 8.07 Å². The third-order valence-electron chi connectivity index (χ3n) is 4.13. The van der Waals surface area contributed by atoms with Crippen LogP contribution in [-0.2, 0) is 14.3 Å². The minimum absolute atomic E-state index is 0.0297. The van der Waals surface area contributed by atoms with Crippen LogP contribution in [0.25, 0.3) is 0 Å². The molecule has 0 N–H and O–H groups in total. The minimum Gasteiger partial charge on any atom is -0.466 e. The first-order chi connectivity index (χ1) is 10.4. The normalized spacial score (nSPS) is 17.9. The first-order valence-corrected chi connectivity index (χ1v) is 10.3. The number of hydrogen-bond acceptors (Lipinski definition) is 3. The molecule has 5 heteroatoms. The van der Waals surface area contributed by atoms with E-state index in [0.29, 0.717) is 5.57 Å². The zero-order valence-electron chi connectivity index (χ0n) is 13.4. The van der Waals surface area contributed by atoms with Crippen LogP contribution in [0.1, 0.15) is 6.92 Å². The summed E-state index contributed by atoms with van der Waals surface area (Å²) in [5, 5.41) is 1.26. The minimum atomic E-state index is -1.98. The zero-order valence-corrected chi connectivity index (χ0v) is 14.4. The van der Waals surface area contributed by atoms with Gasteiger partial charge in [-0.1, -0.05) is 54.7 Å². The molecule has 0 radical (unpaired) electrons. The maximum Gasteiger partial charge on any atom is 0.335 e. The van der Waals surface area contributed by atoms with Gasteiger partial charge in [-0.15, -0.1) is 0 Å². The lowest BCUT2D eigenvalue weighted by Crippen LogP contribution is -2.48. The molecule has 0 bridgehead atoms. The molecule has 0 aliphatic carbocycles. The Morgan fingerprint density at radius 2 is 1.82 bits per heavy atom. The highest BCUT2D eigenvalue weighted by atomic mass is 28.3. The van der Waals surface area contributed by atoms with E-state index in [-0.39, 0.29) is 17.4 Å². The van der Waals surface area contributed by atoms with Crippen molar-refractivity contribution >= 4 is 25.1 Å². The third kappa shape index (κ3) is 3.04. The van der Waals surface area contributed by atoms with Gasteiger partial charge in [0, 0.05) is 24.9 Å². The van der Waals surface area contributed by atoms with Gasteiger partial charge in [-0.3, -0.25) is 9.69 Å². The molecule has 1 atom stereocenters. The first-order valence-electron chi connectivity index (χ1n) is 7.20. The fraction of sp³-hybridized carbons (Fsp3) is 0.294. The fourth-order valence-electron chi connectivity index (χ4n) is 2.73. The van der Waals surface area contributed by atoms with Crippen molar-refractivity contribution < 1.29 is 14.3 Å². The Kier molecular flexibility index (Phi) is 4.66. The Balaban J connectivity index is 2.45. The van der Waals surface area contributed by atoms with Crippen LogP contribution in [0, 0.1) is 0 Å². The summed E-state index contributed by atoms with van der Waals surface area (Å²) in [6.45, 7) is 5.91.